The van der Waals surface area contributed by atoms with Crippen molar-refractivity contribution in [3.05, 3.63) is 47.5 Å². The molecule has 7 heterocycles. The number of fused-ring (bicyclic) bond motifs is 5. The summed E-state index contributed by atoms with van der Waals surface area (Å²) < 4.78 is 38.3. The van der Waals surface area contributed by atoms with E-state index >= 15 is 4.39 Å². The smallest absolute Gasteiger partial charge is 0.263 e. The average molecular weight is 565 g/mol. The van der Waals surface area contributed by atoms with Crippen molar-refractivity contribution in [2.24, 2.45) is 5.73 Å². The van der Waals surface area contributed by atoms with Gasteiger partial charge in [0.15, 0.2) is 18.2 Å². The Hall–Kier alpha value is -3.45. The normalized spacial score (nSPS) is 28.8. The van der Waals surface area contributed by atoms with E-state index in [2.05, 4.69) is 25.6 Å². The first-order chi connectivity index (χ1) is 19.9. The van der Waals surface area contributed by atoms with Crippen LogP contribution in [0.25, 0.3) is 11.0 Å². The van der Waals surface area contributed by atoms with Crippen LogP contribution >= 0.6 is 0 Å². The highest BCUT2D eigenvalue weighted by Gasteiger charge is 2.49. The number of pyridine rings is 3. The van der Waals surface area contributed by atoms with Crippen molar-refractivity contribution in [3.8, 4) is 11.6 Å². The van der Waals surface area contributed by atoms with E-state index in [0.29, 0.717) is 73.3 Å². The minimum absolute atomic E-state index is 0.00982. The number of carbonyl (C=O) groups is 1. The highest BCUT2D eigenvalue weighted by atomic mass is 19.1. The molecule has 5 aliphatic rings. The van der Waals surface area contributed by atoms with Gasteiger partial charge >= 0.3 is 0 Å². The van der Waals surface area contributed by atoms with Crippen LogP contribution in [0.15, 0.2) is 30.5 Å². The van der Waals surface area contributed by atoms with Crippen LogP contribution in [0, 0.1) is 5.82 Å². The maximum Gasteiger partial charge on any atom is 0.263 e. The molecular weight excluding hydrogens is 531 g/mol. The largest absolute Gasteiger partial charge is 0.480 e. The lowest BCUT2D eigenvalue weighted by Crippen LogP contribution is -2.61. The van der Waals surface area contributed by atoms with E-state index in [-0.39, 0.29) is 41.6 Å². The van der Waals surface area contributed by atoms with Gasteiger partial charge in [0.05, 0.1) is 54.4 Å². The van der Waals surface area contributed by atoms with Gasteiger partial charge < -0.3 is 35.3 Å². The molecule has 1 aliphatic carbocycles. The van der Waals surface area contributed by atoms with Crippen LogP contribution in [-0.4, -0.2) is 70.6 Å². The second kappa shape index (κ2) is 10.4. The van der Waals surface area contributed by atoms with Gasteiger partial charge in [0, 0.05) is 23.7 Å². The van der Waals surface area contributed by atoms with Gasteiger partial charge in [-0.2, -0.15) is 0 Å². The quantitative estimate of drug-likeness (QED) is 0.373. The molecule has 2 unspecified atom stereocenters. The van der Waals surface area contributed by atoms with E-state index in [1.807, 2.05) is 12.1 Å². The summed E-state index contributed by atoms with van der Waals surface area (Å²) in [5, 5.41) is 6.43. The number of aryl methyl sites for hydroxylation is 1. The summed E-state index contributed by atoms with van der Waals surface area (Å²) in [7, 11) is 0. The molecule has 1 amide bonds. The monoisotopic (exact) mass is 564 g/mol. The minimum atomic E-state index is -0.374. The zero-order valence-corrected chi connectivity index (χ0v) is 22.7. The fraction of sp³-hybridized carbons (Fsp3) is 0.517. The summed E-state index contributed by atoms with van der Waals surface area (Å²) in [4.78, 5) is 25.1. The number of rotatable bonds is 8. The Bertz CT molecular complexity index is 1460. The number of anilines is 1. The molecule has 4 N–H and O–H groups in total. The summed E-state index contributed by atoms with van der Waals surface area (Å²) in [6.07, 6.45) is 5.84. The van der Waals surface area contributed by atoms with Gasteiger partial charge in [-0.05, 0) is 56.7 Å². The Morgan fingerprint density at radius 3 is 2.80 bits per heavy atom. The van der Waals surface area contributed by atoms with Crippen molar-refractivity contribution in [2.45, 2.75) is 68.4 Å². The molecule has 0 aromatic carbocycles. The van der Waals surface area contributed by atoms with E-state index in [4.69, 9.17) is 24.7 Å². The van der Waals surface area contributed by atoms with Crippen LogP contribution in [0.4, 0.5) is 10.2 Å². The van der Waals surface area contributed by atoms with Crippen molar-refractivity contribution in [1.82, 2.24) is 20.3 Å². The SMILES string of the molecule is NC1COCC1Oc1ccc2ncc(F)c(CCC34CCC(NCc5ccc6c(n5)NC(=O)CO6)(CC3)CO4)c2n1. The number of hydrogen-bond acceptors (Lipinski definition) is 10. The number of carbonyl (C=O) groups excluding carboxylic acids is 1. The van der Waals surface area contributed by atoms with E-state index < -0.39 is 0 Å². The van der Waals surface area contributed by atoms with E-state index in [1.54, 1.807) is 12.1 Å². The molecule has 3 aromatic heterocycles. The standard InChI is InChI=1S/C29H33FN6O5/c30-19-12-32-21-2-4-25(41-23-14-38-13-20(23)31)36-26(21)18(19)5-6-29-9-7-28(8-10-29,16-40-29)33-11-17-1-3-22-27(34-17)35-24(37)15-39-22/h1-4,12,20,23,33H,5-11,13-16,31H2,(H,34,35,37). The molecule has 11 nitrogen and oxygen atoms in total. The molecule has 12 heteroatoms. The predicted octanol–water partition coefficient (Wildman–Crippen LogP) is 2.40. The number of nitrogens with one attached hydrogen (secondary N) is 2. The predicted molar refractivity (Wildman–Crippen MR) is 146 cm³/mol. The molecule has 4 aliphatic heterocycles. The number of aromatic nitrogens is 3. The molecule has 3 saturated heterocycles. The van der Waals surface area contributed by atoms with Gasteiger partial charge in [-0.25, -0.2) is 14.4 Å². The number of hydrogen-bond donors (Lipinski definition) is 3. The van der Waals surface area contributed by atoms with Gasteiger partial charge in [-0.1, -0.05) is 0 Å². The van der Waals surface area contributed by atoms with Crippen molar-refractivity contribution in [2.75, 3.05) is 31.7 Å². The molecular formula is C29H33FN6O5. The highest BCUT2D eigenvalue weighted by molar-refractivity contribution is 5.94. The maximum absolute atomic E-state index is 15.1. The van der Waals surface area contributed by atoms with Gasteiger partial charge in [0.2, 0.25) is 5.88 Å². The third kappa shape index (κ3) is 5.21. The molecule has 2 atom stereocenters. The molecule has 0 radical (unpaired) electrons. The summed E-state index contributed by atoms with van der Waals surface area (Å²) in [5.41, 5.74) is 8.11. The molecule has 1 saturated carbocycles. The lowest BCUT2D eigenvalue weighted by atomic mass is 9.69. The van der Waals surface area contributed by atoms with Crippen LogP contribution in [0.3, 0.4) is 0 Å². The Balaban J connectivity index is 0.997. The van der Waals surface area contributed by atoms with Crippen LogP contribution in [-0.2, 0) is 27.2 Å². The number of ether oxygens (including phenoxy) is 4. The summed E-state index contributed by atoms with van der Waals surface area (Å²) in [6.45, 7) is 2.00. The Morgan fingerprint density at radius 1 is 1.15 bits per heavy atom. The molecule has 8 rings (SSSR count). The van der Waals surface area contributed by atoms with E-state index in [1.165, 1.54) is 6.20 Å². The van der Waals surface area contributed by atoms with Crippen LogP contribution in [0.1, 0.15) is 43.4 Å². The van der Waals surface area contributed by atoms with Gasteiger partial charge in [-0.3, -0.25) is 9.78 Å². The second-order valence-corrected chi connectivity index (χ2v) is 11.6. The number of halogens is 1. The van der Waals surface area contributed by atoms with E-state index in [9.17, 15) is 4.79 Å². The van der Waals surface area contributed by atoms with Crippen molar-refractivity contribution < 1.29 is 28.1 Å². The molecule has 41 heavy (non-hydrogen) atoms. The molecule has 0 spiro atoms. The number of nitrogens with zero attached hydrogens (tertiary/aromatic N) is 3. The first kappa shape index (κ1) is 26.4. The summed E-state index contributed by atoms with van der Waals surface area (Å²) in [5.74, 6) is 0.856. The minimum Gasteiger partial charge on any atom is -0.480 e. The second-order valence-electron chi connectivity index (χ2n) is 11.6. The topological polar surface area (TPSA) is 143 Å². The first-order valence-electron chi connectivity index (χ1n) is 14.2. The van der Waals surface area contributed by atoms with Crippen LogP contribution in [0.2, 0.25) is 0 Å². The summed E-state index contributed by atoms with van der Waals surface area (Å²) >= 11 is 0. The van der Waals surface area contributed by atoms with Gasteiger partial charge in [-0.15, -0.1) is 0 Å². The van der Waals surface area contributed by atoms with Gasteiger partial charge in [0.1, 0.15) is 11.9 Å². The molecule has 3 aromatic rings. The number of amides is 1. The fourth-order valence-electron chi connectivity index (χ4n) is 6.26. The Labute approximate surface area is 236 Å². The lowest BCUT2D eigenvalue weighted by Gasteiger charge is -2.53. The van der Waals surface area contributed by atoms with Crippen molar-refractivity contribution >= 4 is 22.8 Å². The van der Waals surface area contributed by atoms with Gasteiger partial charge in [0.25, 0.3) is 5.91 Å². The molecule has 4 fully saturated rings. The van der Waals surface area contributed by atoms with Crippen LogP contribution < -0.4 is 25.8 Å². The molecule has 216 valence electrons. The average Bonchev–Trinajstić information content (AvgIpc) is 3.40. The Kier molecular flexibility index (Phi) is 6.73. The third-order valence-corrected chi connectivity index (χ3v) is 8.86. The fourth-order valence-corrected chi connectivity index (χ4v) is 6.26. The highest BCUT2D eigenvalue weighted by Crippen LogP contribution is 2.46. The third-order valence-electron chi connectivity index (χ3n) is 8.86. The van der Waals surface area contributed by atoms with Crippen molar-refractivity contribution in [3.63, 3.8) is 0 Å². The van der Waals surface area contributed by atoms with Crippen LogP contribution in [0.5, 0.6) is 11.6 Å². The Morgan fingerprint density at radius 2 is 2.02 bits per heavy atom. The molecule has 2 bridgehead atoms. The maximum atomic E-state index is 15.1. The summed E-state index contributed by atoms with van der Waals surface area (Å²) in [6, 6.07) is 7.06. The first-order valence-corrected chi connectivity index (χ1v) is 14.2. The lowest BCUT2D eigenvalue weighted by molar-refractivity contribution is -0.165. The van der Waals surface area contributed by atoms with E-state index in [0.717, 1.165) is 31.4 Å². The zero-order valence-electron chi connectivity index (χ0n) is 22.7. The number of nitrogens with two attached hydrogens (primary N) is 1. The van der Waals surface area contributed by atoms with Crippen molar-refractivity contribution in [1.29, 1.82) is 0 Å². The zero-order chi connectivity index (χ0) is 28.0.